The van der Waals surface area contributed by atoms with E-state index in [2.05, 4.69) is 5.32 Å². The molecule has 1 aliphatic carbocycles. The van der Waals surface area contributed by atoms with Gasteiger partial charge in [-0.25, -0.2) is 0 Å². The minimum atomic E-state index is -0.381. The van der Waals surface area contributed by atoms with Crippen molar-refractivity contribution < 1.29 is 14.3 Å². The van der Waals surface area contributed by atoms with E-state index in [0.29, 0.717) is 19.5 Å². The predicted octanol–water partition coefficient (Wildman–Crippen LogP) is 1.57. The van der Waals surface area contributed by atoms with Crippen LogP contribution in [0, 0.1) is 5.92 Å². The Balaban J connectivity index is 2.25. The summed E-state index contributed by atoms with van der Waals surface area (Å²) in [7, 11) is 3.29. The van der Waals surface area contributed by atoms with Crippen molar-refractivity contribution in [2.75, 3.05) is 27.2 Å². The molecule has 1 unspecified atom stereocenters. The van der Waals surface area contributed by atoms with Crippen molar-refractivity contribution in [3.8, 4) is 0 Å². The van der Waals surface area contributed by atoms with Crippen molar-refractivity contribution in [3.05, 3.63) is 0 Å². The fourth-order valence-corrected chi connectivity index (χ4v) is 2.65. The number of amides is 2. The average molecular weight is 284 g/mol. The van der Waals surface area contributed by atoms with Gasteiger partial charge in [-0.3, -0.25) is 9.59 Å². The highest BCUT2D eigenvalue weighted by Crippen LogP contribution is 2.23. The summed E-state index contributed by atoms with van der Waals surface area (Å²) in [6.45, 7) is 2.96. The third-order valence-electron chi connectivity index (χ3n) is 4.03. The van der Waals surface area contributed by atoms with Crippen LogP contribution in [0.3, 0.4) is 0 Å². The molecular weight excluding hydrogens is 256 g/mol. The van der Waals surface area contributed by atoms with E-state index in [-0.39, 0.29) is 23.8 Å². The van der Waals surface area contributed by atoms with E-state index >= 15 is 0 Å². The Morgan fingerprint density at radius 1 is 1.30 bits per heavy atom. The van der Waals surface area contributed by atoms with E-state index in [1.54, 1.807) is 19.1 Å². The lowest BCUT2D eigenvalue weighted by atomic mass is 9.89. The Morgan fingerprint density at radius 3 is 2.50 bits per heavy atom. The molecule has 1 rings (SSSR count). The van der Waals surface area contributed by atoms with Gasteiger partial charge in [0.05, 0.1) is 0 Å². The molecule has 0 aliphatic heterocycles. The fraction of sp³-hybridized carbons (Fsp3) is 0.867. The maximum absolute atomic E-state index is 12.0. The van der Waals surface area contributed by atoms with E-state index in [9.17, 15) is 9.59 Å². The van der Waals surface area contributed by atoms with Crippen LogP contribution in [-0.4, -0.2) is 50.1 Å². The summed E-state index contributed by atoms with van der Waals surface area (Å²) < 4.78 is 5.13. The van der Waals surface area contributed by atoms with Crippen LogP contribution < -0.4 is 5.32 Å². The second kappa shape index (κ2) is 8.95. The summed E-state index contributed by atoms with van der Waals surface area (Å²) in [6.07, 6.45) is 5.84. The Labute approximate surface area is 122 Å². The van der Waals surface area contributed by atoms with Gasteiger partial charge in [0, 0.05) is 33.2 Å². The summed E-state index contributed by atoms with van der Waals surface area (Å²) in [5.74, 6) is 0.290. The number of nitrogens with zero attached hydrogens (tertiary/aromatic N) is 1. The largest absolute Gasteiger partial charge is 0.372 e. The molecule has 1 atom stereocenters. The average Bonchev–Trinajstić information content (AvgIpc) is 2.49. The van der Waals surface area contributed by atoms with E-state index in [4.69, 9.17) is 4.74 Å². The first-order valence-electron chi connectivity index (χ1n) is 7.65. The van der Waals surface area contributed by atoms with Gasteiger partial charge in [0.1, 0.15) is 6.10 Å². The number of hydrogen-bond donors (Lipinski definition) is 1. The van der Waals surface area contributed by atoms with Gasteiger partial charge in [-0.2, -0.15) is 0 Å². The van der Waals surface area contributed by atoms with Crippen LogP contribution in [0.5, 0.6) is 0 Å². The zero-order chi connectivity index (χ0) is 15.0. The number of methoxy groups -OCH3 is 1. The Bertz CT molecular complexity index is 310. The Hall–Kier alpha value is -1.10. The van der Waals surface area contributed by atoms with E-state index in [1.165, 1.54) is 6.42 Å². The minimum absolute atomic E-state index is 0.0260. The molecular formula is C15H28N2O3. The molecule has 0 aromatic heterocycles. The van der Waals surface area contributed by atoms with Crippen LogP contribution in [0.1, 0.15) is 45.4 Å². The van der Waals surface area contributed by atoms with E-state index < -0.39 is 0 Å². The second-order valence-electron chi connectivity index (χ2n) is 5.52. The lowest BCUT2D eigenvalue weighted by molar-refractivity contribution is -0.141. The van der Waals surface area contributed by atoms with Crippen molar-refractivity contribution in [3.63, 3.8) is 0 Å². The molecule has 2 amide bonds. The topological polar surface area (TPSA) is 58.6 Å². The summed E-state index contributed by atoms with van der Waals surface area (Å²) in [5.41, 5.74) is 0. The molecule has 5 heteroatoms. The third kappa shape index (κ3) is 5.12. The van der Waals surface area contributed by atoms with Crippen LogP contribution in [0.15, 0.2) is 0 Å². The van der Waals surface area contributed by atoms with Crippen LogP contribution in [0.25, 0.3) is 0 Å². The van der Waals surface area contributed by atoms with Gasteiger partial charge >= 0.3 is 0 Å². The maximum Gasteiger partial charge on any atom is 0.251 e. The van der Waals surface area contributed by atoms with Gasteiger partial charge in [0.25, 0.3) is 5.91 Å². The van der Waals surface area contributed by atoms with Crippen molar-refractivity contribution >= 4 is 11.8 Å². The number of hydrogen-bond acceptors (Lipinski definition) is 3. The van der Waals surface area contributed by atoms with E-state index in [1.807, 2.05) is 6.92 Å². The second-order valence-corrected chi connectivity index (χ2v) is 5.52. The van der Waals surface area contributed by atoms with Gasteiger partial charge in [-0.1, -0.05) is 26.2 Å². The lowest BCUT2D eigenvalue weighted by Crippen LogP contribution is -2.42. The molecule has 0 bridgehead atoms. The van der Waals surface area contributed by atoms with Gasteiger partial charge < -0.3 is 15.0 Å². The van der Waals surface area contributed by atoms with Crippen molar-refractivity contribution in [2.24, 2.45) is 5.92 Å². The van der Waals surface area contributed by atoms with E-state index in [0.717, 1.165) is 25.7 Å². The van der Waals surface area contributed by atoms with Crippen LogP contribution >= 0.6 is 0 Å². The first kappa shape index (κ1) is 17.0. The molecule has 0 radical (unpaired) electrons. The first-order chi connectivity index (χ1) is 9.60. The molecule has 116 valence electrons. The highest BCUT2D eigenvalue weighted by molar-refractivity contribution is 5.81. The molecule has 5 nitrogen and oxygen atoms in total. The number of nitrogens with one attached hydrogen (secondary N) is 1. The molecule has 0 saturated heterocycles. The highest BCUT2D eigenvalue weighted by Gasteiger charge is 2.22. The lowest BCUT2D eigenvalue weighted by Gasteiger charge is -2.24. The van der Waals surface area contributed by atoms with Crippen molar-refractivity contribution in [1.29, 1.82) is 0 Å². The smallest absolute Gasteiger partial charge is 0.251 e. The number of carbonyl (C=O) groups is 2. The summed E-state index contributed by atoms with van der Waals surface area (Å²) >= 11 is 0. The molecule has 1 aliphatic rings. The van der Waals surface area contributed by atoms with Gasteiger partial charge in [0.2, 0.25) is 5.91 Å². The normalized spacial score (nSPS) is 17.6. The molecule has 0 aromatic rings. The van der Waals surface area contributed by atoms with Crippen LogP contribution in [-0.2, 0) is 14.3 Å². The summed E-state index contributed by atoms with van der Waals surface area (Å²) in [5, 5.41) is 2.94. The zero-order valence-corrected chi connectivity index (χ0v) is 13.0. The summed E-state index contributed by atoms with van der Waals surface area (Å²) in [4.78, 5) is 25.6. The number of likely N-dealkylation sites (N-methyl/N-ethyl adjacent to an activating group) is 1. The molecule has 20 heavy (non-hydrogen) atoms. The zero-order valence-electron chi connectivity index (χ0n) is 13.0. The predicted molar refractivity (Wildman–Crippen MR) is 78.3 cm³/mol. The van der Waals surface area contributed by atoms with Crippen molar-refractivity contribution in [1.82, 2.24) is 10.2 Å². The first-order valence-corrected chi connectivity index (χ1v) is 7.65. The molecule has 1 saturated carbocycles. The molecule has 1 fully saturated rings. The molecule has 0 heterocycles. The van der Waals surface area contributed by atoms with Gasteiger partial charge in [-0.15, -0.1) is 0 Å². The van der Waals surface area contributed by atoms with Gasteiger partial charge in [-0.05, 0) is 19.3 Å². The maximum atomic E-state index is 12.0. The van der Waals surface area contributed by atoms with Crippen molar-refractivity contribution in [2.45, 2.75) is 51.6 Å². The monoisotopic (exact) mass is 284 g/mol. The van der Waals surface area contributed by atoms with Gasteiger partial charge in [0.15, 0.2) is 0 Å². The Kier molecular flexibility index (Phi) is 7.59. The minimum Gasteiger partial charge on any atom is -0.372 e. The fourth-order valence-electron chi connectivity index (χ4n) is 2.65. The number of ether oxygens (including phenoxy) is 1. The SMILES string of the molecule is CCC(OC)C(=O)N(C)CCNC(=O)C1CCCCC1. The molecule has 0 spiro atoms. The Morgan fingerprint density at radius 2 is 1.95 bits per heavy atom. The third-order valence-corrected chi connectivity index (χ3v) is 4.03. The number of rotatable bonds is 7. The van der Waals surface area contributed by atoms with Crippen LogP contribution in [0.4, 0.5) is 0 Å². The molecule has 0 aromatic carbocycles. The summed E-state index contributed by atoms with van der Waals surface area (Å²) in [6, 6.07) is 0. The standard InChI is InChI=1S/C15H28N2O3/c1-4-13(20-3)15(19)17(2)11-10-16-14(18)12-8-6-5-7-9-12/h12-13H,4-11H2,1-3H3,(H,16,18). The molecule has 1 N–H and O–H groups in total. The quantitative estimate of drug-likeness (QED) is 0.772. The highest BCUT2D eigenvalue weighted by atomic mass is 16.5. The number of carbonyl (C=O) groups excluding carboxylic acids is 2. The van der Waals surface area contributed by atoms with Crippen LogP contribution in [0.2, 0.25) is 0 Å².